The van der Waals surface area contributed by atoms with Crippen LogP contribution in [-0.2, 0) is 9.59 Å². The van der Waals surface area contributed by atoms with Crippen molar-refractivity contribution in [2.45, 2.75) is 0 Å². The van der Waals surface area contributed by atoms with E-state index in [1.807, 2.05) is 0 Å². The van der Waals surface area contributed by atoms with Crippen LogP contribution in [0.3, 0.4) is 0 Å². The van der Waals surface area contributed by atoms with Crippen molar-refractivity contribution in [1.29, 1.82) is 0 Å². The average Bonchev–Trinajstić information content (AvgIpc) is 2.31. The number of ether oxygens (including phenoxy) is 1. The number of amides is 1. The zero-order valence-electron chi connectivity index (χ0n) is 9.60. The molecule has 6 heteroatoms. The molecule has 0 radical (unpaired) electrons. The van der Waals surface area contributed by atoms with Gasteiger partial charge in [-0.05, 0) is 24.3 Å². The SMILES string of the molecule is C=C(N)C(=O)Nc1ccc(OC(=O)C(=C)N)cc1. The summed E-state index contributed by atoms with van der Waals surface area (Å²) in [7, 11) is 0. The summed E-state index contributed by atoms with van der Waals surface area (Å²) >= 11 is 0. The van der Waals surface area contributed by atoms with Crippen LogP contribution in [0.4, 0.5) is 5.69 Å². The topological polar surface area (TPSA) is 107 Å². The molecule has 1 amide bonds. The molecule has 0 fully saturated rings. The van der Waals surface area contributed by atoms with E-state index in [0.29, 0.717) is 5.69 Å². The second-order valence-corrected chi connectivity index (χ2v) is 3.42. The Balaban J connectivity index is 2.68. The smallest absolute Gasteiger partial charge is 0.358 e. The highest BCUT2D eigenvalue weighted by atomic mass is 16.5. The Morgan fingerprint density at radius 3 is 2.06 bits per heavy atom. The van der Waals surface area contributed by atoms with E-state index in [4.69, 9.17) is 16.2 Å². The molecule has 0 aliphatic carbocycles. The molecule has 18 heavy (non-hydrogen) atoms. The van der Waals surface area contributed by atoms with E-state index in [1.54, 1.807) is 12.1 Å². The molecule has 1 aromatic carbocycles. The molecule has 1 rings (SSSR count). The van der Waals surface area contributed by atoms with Crippen molar-refractivity contribution < 1.29 is 14.3 Å². The van der Waals surface area contributed by atoms with E-state index in [2.05, 4.69) is 18.5 Å². The van der Waals surface area contributed by atoms with E-state index in [-0.39, 0.29) is 17.1 Å². The van der Waals surface area contributed by atoms with E-state index >= 15 is 0 Å². The molecule has 6 nitrogen and oxygen atoms in total. The van der Waals surface area contributed by atoms with Gasteiger partial charge in [-0.15, -0.1) is 0 Å². The van der Waals surface area contributed by atoms with Crippen molar-refractivity contribution in [1.82, 2.24) is 0 Å². The van der Waals surface area contributed by atoms with Crippen LogP contribution in [0.25, 0.3) is 0 Å². The first kappa shape index (κ1) is 13.3. The Labute approximate surface area is 104 Å². The second-order valence-electron chi connectivity index (χ2n) is 3.42. The average molecular weight is 247 g/mol. The standard InChI is InChI=1S/C12H13N3O3/c1-7(13)11(16)15-9-3-5-10(6-4-9)18-12(17)8(2)14/h3-6H,1-2,13-14H2,(H,15,16). The number of hydrogen-bond acceptors (Lipinski definition) is 5. The molecule has 0 heterocycles. The Morgan fingerprint density at radius 2 is 1.61 bits per heavy atom. The van der Waals surface area contributed by atoms with Crippen molar-refractivity contribution in [2.24, 2.45) is 11.5 Å². The second kappa shape index (κ2) is 5.53. The van der Waals surface area contributed by atoms with Gasteiger partial charge in [-0.2, -0.15) is 0 Å². The van der Waals surface area contributed by atoms with Crippen molar-refractivity contribution in [3.63, 3.8) is 0 Å². The third-order valence-electron chi connectivity index (χ3n) is 1.88. The molecule has 0 unspecified atom stereocenters. The van der Waals surface area contributed by atoms with E-state index in [1.165, 1.54) is 12.1 Å². The number of anilines is 1. The Kier molecular flexibility index (Phi) is 4.09. The van der Waals surface area contributed by atoms with Gasteiger partial charge in [-0.3, -0.25) is 4.79 Å². The fraction of sp³-hybridized carbons (Fsp3) is 0. The minimum atomic E-state index is -0.720. The van der Waals surface area contributed by atoms with Gasteiger partial charge in [0.15, 0.2) is 0 Å². The van der Waals surface area contributed by atoms with Crippen molar-refractivity contribution in [3.8, 4) is 5.75 Å². The van der Waals surface area contributed by atoms with E-state index in [9.17, 15) is 9.59 Å². The first-order chi connectivity index (χ1) is 8.40. The van der Waals surface area contributed by atoms with Gasteiger partial charge in [-0.1, -0.05) is 13.2 Å². The molecule has 0 saturated heterocycles. The van der Waals surface area contributed by atoms with Gasteiger partial charge in [0.2, 0.25) is 0 Å². The summed E-state index contributed by atoms with van der Waals surface area (Å²) in [5.74, 6) is -0.923. The zero-order valence-corrected chi connectivity index (χ0v) is 9.60. The summed E-state index contributed by atoms with van der Waals surface area (Å²) < 4.78 is 4.86. The molecule has 0 spiro atoms. The quantitative estimate of drug-likeness (QED) is 0.407. The van der Waals surface area contributed by atoms with Gasteiger partial charge in [0.05, 0.1) is 5.70 Å². The molecular weight excluding hydrogens is 234 g/mol. The maximum absolute atomic E-state index is 11.2. The zero-order chi connectivity index (χ0) is 13.7. The van der Waals surface area contributed by atoms with Gasteiger partial charge in [0.25, 0.3) is 5.91 Å². The molecule has 0 bridgehead atoms. The number of carbonyl (C=O) groups excluding carboxylic acids is 2. The normalized spacial score (nSPS) is 9.33. The van der Waals surface area contributed by atoms with Crippen molar-refractivity contribution in [2.75, 3.05) is 5.32 Å². The fourth-order valence-electron chi connectivity index (χ4n) is 0.990. The lowest BCUT2D eigenvalue weighted by atomic mass is 10.3. The van der Waals surface area contributed by atoms with Crippen LogP contribution in [0.15, 0.2) is 48.8 Å². The van der Waals surface area contributed by atoms with Crippen LogP contribution in [0.1, 0.15) is 0 Å². The number of rotatable bonds is 4. The van der Waals surface area contributed by atoms with Gasteiger partial charge in [0, 0.05) is 5.69 Å². The van der Waals surface area contributed by atoms with Gasteiger partial charge >= 0.3 is 5.97 Å². The number of carbonyl (C=O) groups is 2. The van der Waals surface area contributed by atoms with E-state index < -0.39 is 11.9 Å². The minimum absolute atomic E-state index is 0.0927. The van der Waals surface area contributed by atoms with Crippen LogP contribution in [-0.4, -0.2) is 11.9 Å². The number of nitrogens with one attached hydrogen (secondary N) is 1. The first-order valence-corrected chi connectivity index (χ1v) is 4.92. The molecule has 5 N–H and O–H groups in total. The Bertz CT molecular complexity index is 459. The van der Waals surface area contributed by atoms with Crippen LogP contribution < -0.4 is 21.5 Å². The Hall–Kier alpha value is -2.76. The monoisotopic (exact) mass is 247 g/mol. The maximum atomic E-state index is 11.2. The van der Waals surface area contributed by atoms with Gasteiger partial charge < -0.3 is 21.5 Å². The van der Waals surface area contributed by atoms with Crippen LogP contribution >= 0.6 is 0 Å². The summed E-state index contributed by atoms with van der Waals surface area (Å²) in [6.45, 7) is 6.55. The highest BCUT2D eigenvalue weighted by Gasteiger charge is 2.07. The summed E-state index contributed by atoms with van der Waals surface area (Å²) in [4.78, 5) is 22.3. The highest BCUT2D eigenvalue weighted by molar-refractivity contribution is 6.02. The van der Waals surface area contributed by atoms with Crippen LogP contribution in [0, 0.1) is 0 Å². The van der Waals surface area contributed by atoms with Gasteiger partial charge in [-0.25, -0.2) is 4.79 Å². The summed E-state index contributed by atoms with van der Waals surface area (Å²) in [5.41, 5.74) is 10.6. The fourth-order valence-corrected chi connectivity index (χ4v) is 0.990. The van der Waals surface area contributed by atoms with E-state index in [0.717, 1.165) is 0 Å². The lowest BCUT2D eigenvalue weighted by Gasteiger charge is -2.06. The third-order valence-corrected chi connectivity index (χ3v) is 1.88. The lowest BCUT2D eigenvalue weighted by Crippen LogP contribution is -2.19. The number of esters is 1. The maximum Gasteiger partial charge on any atom is 0.358 e. The third kappa shape index (κ3) is 3.67. The molecule has 0 atom stereocenters. The lowest BCUT2D eigenvalue weighted by molar-refractivity contribution is -0.130. The molecule has 0 aliphatic heterocycles. The molecule has 1 aromatic rings. The molecule has 94 valence electrons. The molecule has 0 aliphatic rings. The highest BCUT2D eigenvalue weighted by Crippen LogP contribution is 2.16. The summed E-state index contributed by atoms with van der Waals surface area (Å²) in [6.07, 6.45) is 0. The molecule has 0 saturated carbocycles. The predicted octanol–water partition coefficient (Wildman–Crippen LogP) is 0.475. The predicted molar refractivity (Wildman–Crippen MR) is 67.4 cm³/mol. The summed E-state index contributed by atoms with van der Waals surface area (Å²) in [5, 5.41) is 2.50. The number of nitrogens with two attached hydrogens (primary N) is 2. The van der Waals surface area contributed by atoms with Crippen molar-refractivity contribution in [3.05, 3.63) is 48.8 Å². The minimum Gasteiger partial charge on any atom is -0.422 e. The van der Waals surface area contributed by atoms with Crippen molar-refractivity contribution >= 4 is 17.6 Å². The Morgan fingerprint density at radius 1 is 1.06 bits per heavy atom. The number of hydrogen-bond donors (Lipinski definition) is 3. The number of benzene rings is 1. The van der Waals surface area contributed by atoms with Crippen LogP contribution in [0.5, 0.6) is 5.75 Å². The molecular formula is C12H13N3O3. The largest absolute Gasteiger partial charge is 0.422 e. The van der Waals surface area contributed by atoms with Crippen LogP contribution in [0.2, 0.25) is 0 Å². The summed E-state index contributed by atoms with van der Waals surface area (Å²) in [6, 6.07) is 6.08. The first-order valence-electron chi connectivity index (χ1n) is 4.92. The molecule has 0 aromatic heterocycles. The van der Waals surface area contributed by atoms with Gasteiger partial charge in [0.1, 0.15) is 11.4 Å².